The highest BCUT2D eigenvalue weighted by Gasteiger charge is 2.37. The van der Waals surface area contributed by atoms with Gasteiger partial charge in [-0.3, -0.25) is 4.21 Å². The predicted molar refractivity (Wildman–Crippen MR) is 131 cm³/mol. The Hall–Kier alpha value is -2.48. The molecule has 0 amide bonds. The van der Waals surface area contributed by atoms with Crippen LogP contribution < -0.4 is 16.0 Å². The van der Waals surface area contributed by atoms with Crippen molar-refractivity contribution in [3.05, 3.63) is 59.2 Å². The average molecular weight is 451 g/mol. The molecular weight excluding hydrogens is 420 g/mol. The van der Waals surface area contributed by atoms with Gasteiger partial charge in [-0.25, -0.2) is 4.98 Å². The van der Waals surface area contributed by atoms with E-state index < -0.39 is 10.8 Å². The lowest BCUT2D eigenvalue weighted by Crippen LogP contribution is -2.52. The lowest BCUT2D eigenvalue weighted by atomic mass is 9.86. The van der Waals surface area contributed by atoms with Gasteiger partial charge >= 0.3 is 0 Å². The monoisotopic (exact) mass is 450 g/mol. The van der Waals surface area contributed by atoms with Gasteiger partial charge in [-0.05, 0) is 43.2 Å². The topological polar surface area (TPSA) is 80.5 Å². The molecule has 0 bridgehead atoms. The summed E-state index contributed by atoms with van der Waals surface area (Å²) in [5.74, 6) is 1.50. The number of fused-ring (bicyclic) bond motifs is 2. The SMILES string of the molecule is Cc1ccc2c(c1)S(=O)CCN(c1cc(NCC3(CN)COC3)c3cc(C)ccc3n1)C2. The Balaban J connectivity index is 1.52. The maximum atomic E-state index is 12.9. The highest BCUT2D eigenvalue weighted by atomic mass is 32.2. The molecule has 1 fully saturated rings. The number of aromatic nitrogens is 1. The number of hydrogen-bond acceptors (Lipinski definition) is 6. The number of pyridine rings is 1. The number of rotatable bonds is 5. The van der Waals surface area contributed by atoms with Crippen LogP contribution in [0.15, 0.2) is 47.4 Å². The van der Waals surface area contributed by atoms with Crippen LogP contribution in [0.4, 0.5) is 11.5 Å². The van der Waals surface area contributed by atoms with E-state index in [9.17, 15) is 4.21 Å². The number of aryl methyl sites for hydroxylation is 2. The van der Waals surface area contributed by atoms with E-state index in [1.165, 1.54) is 5.56 Å². The molecule has 1 saturated heterocycles. The third-order valence-corrected chi connectivity index (χ3v) is 7.98. The minimum atomic E-state index is -0.996. The molecule has 2 aliphatic rings. The van der Waals surface area contributed by atoms with Crippen LogP contribution in [-0.4, -0.2) is 47.8 Å². The maximum Gasteiger partial charge on any atom is 0.131 e. The van der Waals surface area contributed by atoms with Gasteiger partial charge in [0, 0.05) is 59.4 Å². The molecule has 1 unspecified atom stereocenters. The fourth-order valence-corrected chi connectivity index (χ4v) is 5.74. The first kappa shape index (κ1) is 21.4. The van der Waals surface area contributed by atoms with Gasteiger partial charge in [-0.15, -0.1) is 0 Å². The van der Waals surface area contributed by atoms with E-state index in [-0.39, 0.29) is 5.41 Å². The third-order valence-electron chi connectivity index (χ3n) is 6.55. The first-order valence-corrected chi connectivity index (χ1v) is 12.4. The zero-order valence-corrected chi connectivity index (χ0v) is 19.5. The normalized spacial score (nSPS) is 19.8. The number of benzene rings is 2. The Morgan fingerprint density at radius 1 is 1.16 bits per heavy atom. The quantitative estimate of drug-likeness (QED) is 0.620. The van der Waals surface area contributed by atoms with Crippen molar-refractivity contribution in [3.63, 3.8) is 0 Å². The zero-order valence-electron chi connectivity index (χ0n) is 18.7. The molecule has 0 saturated carbocycles. The van der Waals surface area contributed by atoms with Gasteiger partial charge in [0.25, 0.3) is 0 Å². The molecule has 6 nitrogen and oxygen atoms in total. The Morgan fingerprint density at radius 3 is 2.69 bits per heavy atom. The molecule has 0 spiro atoms. The van der Waals surface area contributed by atoms with E-state index in [1.54, 1.807) is 0 Å². The van der Waals surface area contributed by atoms with Crippen molar-refractivity contribution in [3.8, 4) is 0 Å². The van der Waals surface area contributed by atoms with Gasteiger partial charge in [0.2, 0.25) is 0 Å². The summed E-state index contributed by atoms with van der Waals surface area (Å²) in [6, 6.07) is 14.7. The van der Waals surface area contributed by atoms with Crippen molar-refractivity contribution in [2.45, 2.75) is 25.3 Å². The van der Waals surface area contributed by atoms with E-state index >= 15 is 0 Å². The fourth-order valence-electron chi connectivity index (χ4n) is 4.39. The number of nitrogens with one attached hydrogen (secondary N) is 1. The molecule has 1 atom stereocenters. The van der Waals surface area contributed by atoms with Crippen LogP contribution in [0.3, 0.4) is 0 Å². The van der Waals surface area contributed by atoms with Crippen molar-refractivity contribution >= 4 is 33.2 Å². The summed E-state index contributed by atoms with van der Waals surface area (Å²) in [6.45, 7) is 8.30. The second-order valence-electron chi connectivity index (χ2n) is 9.18. The van der Waals surface area contributed by atoms with E-state index in [2.05, 4.69) is 59.6 Å². The molecule has 2 aromatic carbocycles. The summed E-state index contributed by atoms with van der Waals surface area (Å²) in [4.78, 5) is 8.19. The molecule has 3 N–H and O–H groups in total. The zero-order chi connectivity index (χ0) is 22.3. The van der Waals surface area contributed by atoms with E-state index in [1.807, 2.05) is 6.92 Å². The molecular formula is C25H30N4O2S. The average Bonchev–Trinajstić information content (AvgIpc) is 2.92. The lowest BCUT2D eigenvalue weighted by Gasteiger charge is -2.40. The van der Waals surface area contributed by atoms with Crippen molar-refractivity contribution in [2.75, 3.05) is 48.8 Å². The summed E-state index contributed by atoms with van der Waals surface area (Å²) in [5, 5.41) is 4.76. The highest BCUT2D eigenvalue weighted by Crippen LogP contribution is 2.33. The maximum absolute atomic E-state index is 12.9. The molecule has 1 aromatic heterocycles. The molecule has 168 valence electrons. The second kappa shape index (κ2) is 8.46. The molecule has 7 heteroatoms. The van der Waals surface area contributed by atoms with Crippen molar-refractivity contribution in [2.24, 2.45) is 11.1 Å². The molecule has 3 heterocycles. The summed E-state index contributed by atoms with van der Waals surface area (Å²) >= 11 is 0. The number of ether oxygens (including phenoxy) is 1. The summed E-state index contributed by atoms with van der Waals surface area (Å²) < 4.78 is 18.3. The minimum Gasteiger partial charge on any atom is -0.384 e. The van der Waals surface area contributed by atoms with Crippen molar-refractivity contribution in [1.82, 2.24) is 4.98 Å². The van der Waals surface area contributed by atoms with Gasteiger partial charge in [-0.2, -0.15) is 0 Å². The second-order valence-corrected chi connectivity index (χ2v) is 10.7. The number of anilines is 2. The van der Waals surface area contributed by atoms with Crippen LogP contribution in [0.5, 0.6) is 0 Å². The van der Waals surface area contributed by atoms with Gasteiger partial charge in [0.05, 0.1) is 29.5 Å². The molecule has 0 radical (unpaired) electrons. The lowest BCUT2D eigenvalue weighted by molar-refractivity contribution is -0.0979. The summed E-state index contributed by atoms with van der Waals surface area (Å²) in [7, 11) is -0.996. The fraction of sp³-hybridized carbons (Fsp3) is 0.400. The first-order valence-electron chi connectivity index (χ1n) is 11.1. The predicted octanol–water partition coefficient (Wildman–Crippen LogP) is 3.37. The van der Waals surface area contributed by atoms with Gasteiger partial charge in [0.15, 0.2) is 0 Å². The van der Waals surface area contributed by atoms with E-state index in [0.717, 1.165) is 45.0 Å². The Bertz CT molecular complexity index is 1190. The van der Waals surface area contributed by atoms with Crippen LogP contribution in [0.2, 0.25) is 0 Å². The standard InChI is InChI=1S/C25H30N4O2S/c1-17-4-6-21-20(9-17)22(27-14-25(13-26)15-31-16-25)11-24(28-21)29-7-8-32(30)23-10-18(2)3-5-19(23)12-29/h3-6,9-11H,7-8,12-16,26H2,1-2H3,(H,27,28). The Labute approximate surface area is 191 Å². The molecule has 5 rings (SSSR count). The van der Waals surface area contributed by atoms with Crippen LogP contribution in [-0.2, 0) is 22.1 Å². The van der Waals surface area contributed by atoms with E-state index in [0.29, 0.717) is 38.6 Å². The molecule has 32 heavy (non-hydrogen) atoms. The van der Waals surface area contributed by atoms with Crippen LogP contribution in [0.1, 0.15) is 16.7 Å². The van der Waals surface area contributed by atoms with E-state index in [4.69, 9.17) is 15.5 Å². The van der Waals surface area contributed by atoms with Crippen molar-refractivity contribution < 1.29 is 8.95 Å². The highest BCUT2D eigenvalue weighted by molar-refractivity contribution is 7.85. The number of nitrogens with zero attached hydrogens (tertiary/aromatic N) is 2. The van der Waals surface area contributed by atoms with Gasteiger partial charge in [0.1, 0.15) is 5.82 Å². The van der Waals surface area contributed by atoms with Gasteiger partial charge < -0.3 is 20.7 Å². The third kappa shape index (κ3) is 4.00. The molecule has 3 aromatic rings. The Kier molecular flexibility index (Phi) is 5.65. The summed E-state index contributed by atoms with van der Waals surface area (Å²) in [6.07, 6.45) is 0. The van der Waals surface area contributed by atoms with Crippen LogP contribution in [0, 0.1) is 19.3 Å². The smallest absolute Gasteiger partial charge is 0.131 e. The van der Waals surface area contributed by atoms with Crippen molar-refractivity contribution in [1.29, 1.82) is 0 Å². The number of hydrogen-bond donors (Lipinski definition) is 2. The van der Waals surface area contributed by atoms with Gasteiger partial charge in [-0.1, -0.05) is 23.8 Å². The molecule has 0 aliphatic carbocycles. The Morgan fingerprint density at radius 2 is 1.94 bits per heavy atom. The summed E-state index contributed by atoms with van der Waals surface area (Å²) in [5.41, 5.74) is 11.5. The van der Waals surface area contributed by atoms with Crippen LogP contribution in [0.25, 0.3) is 10.9 Å². The van der Waals surface area contributed by atoms with Crippen LogP contribution >= 0.6 is 0 Å². The number of nitrogens with two attached hydrogens (primary N) is 1. The first-order chi connectivity index (χ1) is 15.5. The minimum absolute atomic E-state index is 0.00408. The largest absolute Gasteiger partial charge is 0.384 e. The molecule has 2 aliphatic heterocycles.